The summed E-state index contributed by atoms with van der Waals surface area (Å²) in [5, 5.41) is 0. The summed E-state index contributed by atoms with van der Waals surface area (Å²) in [5.41, 5.74) is 0. The summed E-state index contributed by atoms with van der Waals surface area (Å²) in [5.74, 6) is -0.634. The molecule has 36 valence electrons. The molecule has 0 rings (SSSR count). The number of hydrogen-bond acceptors (Lipinski definition) is 1. The van der Waals surface area contributed by atoms with Gasteiger partial charge in [0.1, 0.15) is 5.78 Å². The van der Waals surface area contributed by atoms with Crippen molar-refractivity contribution in [3.8, 4) is 0 Å². The highest BCUT2D eigenvalue weighted by atomic mass is 16.1. The molecule has 0 N–H and O–H groups in total. The molecule has 0 heterocycles. The molecule has 0 fully saturated rings. The molecule has 1 heteroatoms. The predicted octanol–water partition coefficient (Wildman–Crippen LogP) is 1.38. The highest BCUT2D eigenvalue weighted by Gasteiger charge is 1.83. The van der Waals surface area contributed by atoms with E-state index in [1.54, 1.807) is 6.92 Å². The lowest BCUT2D eigenvalue weighted by molar-refractivity contribution is -0.117. The Bertz CT molecular complexity index is 105. The van der Waals surface area contributed by atoms with Crippen LogP contribution in [0.4, 0.5) is 0 Å². The molecule has 0 saturated heterocycles. The number of rotatable bonds is 2. The maximum atomic E-state index is 10.5. The number of hydrogen-bond donors (Lipinski definition) is 0. The average Bonchev–Trinajstić information content (AvgIpc) is 1.64. The lowest BCUT2D eigenvalue weighted by Gasteiger charge is -1.80. The van der Waals surface area contributed by atoms with Crippen molar-refractivity contribution in [1.29, 1.82) is 0 Å². The largest absolute Gasteiger partial charge is 0.300 e. The molecular formula is C5H10O. The molecule has 0 bridgehead atoms. The van der Waals surface area contributed by atoms with Crippen LogP contribution < -0.4 is 0 Å². The third-order valence-corrected chi connectivity index (χ3v) is 0.477. The van der Waals surface area contributed by atoms with Crippen LogP contribution in [0.2, 0.25) is 0 Å². The summed E-state index contributed by atoms with van der Waals surface area (Å²) in [6.45, 7) is -0.598. The first-order valence-electron chi connectivity index (χ1n) is 3.51. The standard InChI is InChI=1S/C5H10O/c1-3-4-5(2)6/h3-4H2,1-2H3/i2D3. The van der Waals surface area contributed by atoms with E-state index < -0.39 is 12.6 Å². The van der Waals surface area contributed by atoms with Crippen molar-refractivity contribution >= 4 is 5.78 Å². The molecule has 0 aromatic heterocycles. The van der Waals surface area contributed by atoms with E-state index in [1.165, 1.54) is 0 Å². The fourth-order valence-electron chi connectivity index (χ4n) is 0.227. The first-order valence-corrected chi connectivity index (χ1v) is 2.01. The summed E-state index contributed by atoms with van der Waals surface area (Å²) < 4.78 is 19.9. The zero-order chi connectivity index (χ0) is 7.49. The van der Waals surface area contributed by atoms with Crippen molar-refractivity contribution in [3.05, 3.63) is 0 Å². The van der Waals surface area contributed by atoms with Gasteiger partial charge in [-0.05, 0) is 13.3 Å². The Morgan fingerprint density at radius 1 is 2.00 bits per heavy atom. The molecule has 0 atom stereocenters. The van der Waals surface area contributed by atoms with Crippen LogP contribution in [0.3, 0.4) is 0 Å². The quantitative estimate of drug-likeness (QED) is 0.499. The summed E-state index contributed by atoms with van der Waals surface area (Å²) >= 11 is 0. The second kappa shape index (κ2) is 2.88. The summed E-state index contributed by atoms with van der Waals surface area (Å²) in [7, 11) is 0. The van der Waals surface area contributed by atoms with Crippen LogP contribution in [0, 0.1) is 0 Å². The summed E-state index contributed by atoms with van der Waals surface area (Å²) in [4.78, 5) is 10.5. The number of Topliss-reactive ketones (excluding diaryl/α,β-unsaturated/α-hetero) is 1. The molecule has 1 nitrogen and oxygen atoms in total. The van der Waals surface area contributed by atoms with Crippen LogP contribution in [0.5, 0.6) is 0 Å². The van der Waals surface area contributed by atoms with Gasteiger partial charge in [-0.1, -0.05) is 6.92 Å². The molecule has 0 radical (unpaired) electrons. The molecule has 0 aromatic carbocycles. The van der Waals surface area contributed by atoms with Crippen LogP contribution in [-0.4, -0.2) is 5.78 Å². The Hall–Kier alpha value is -0.330. The first kappa shape index (κ1) is 2.10. The normalized spacial score (nSPS) is 17.8. The van der Waals surface area contributed by atoms with Gasteiger partial charge < -0.3 is 4.79 Å². The fourth-order valence-corrected chi connectivity index (χ4v) is 0.227. The van der Waals surface area contributed by atoms with E-state index in [0.717, 1.165) is 0 Å². The zero-order valence-electron chi connectivity index (χ0n) is 6.82. The van der Waals surface area contributed by atoms with E-state index in [-0.39, 0.29) is 6.42 Å². The molecular weight excluding hydrogens is 76.1 g/mol. The zero-order valence-corrected chi connectivity index (χ0v) is 3.82. The minimum Gasteiger partial charge on any atom is -0.300 e. The SMILES string of the molecule is [2H]C([2H])([2H])C(=O)CCC. The average molecular weight is 89.2 g/mol. The highest BCUT2D eigenvalue weighted by Crippen LogP contribution is 1.84. The van der Waals surface area contributed by atoms with Gasteiger partial charge in [0.05, 0.1) is 0 Å². The van der Waals surface area contributed by atoms with Crippen LogP contribution >= 0.6 is 0 Å². The lowest BCUT2D eigenvalue weighted by atomic mass is 10.3. The second-order valence-corrected chi connectivity index (χ2v) is 1.17. The van der Waals surface area contributed by atoms with E-state index >= 15 is 0 Å². The molecule has 0 aromatic rings. The van der Waals surface area contributed by atoms with E-state index in [2.05, 4.69) is 0 Å². The van der Waals surface area contributed by atoms with Crippen LogP contribution in [-0.2, 0) is 4.79 Å². The van der Waals surface area contributed by atoms with Crippen molar-refractivity contribution in [2.45, 2.75) is 26.6 Å². The van der Waals surface area contributed by atoms with Gasteiger partial charge in [-0.25, -0.2) is 0 Å². The van der Waals surface area contributed by atoms with Gasteiger partial charge in [0.2, 0.25) is 0 Å². The van der Waals surface area contributed by atoms with Gasteiger partial charge in [-0.2, -0.15) is 0 Å². The number of carbonyl (C=O) groups excluding carboxylic acids is 1. The Kier molecular flexibility index (Phi) is 1.01. The van der Waals surface area contributed by atoms with E-state index in [9.17, 15) is 4.79 Å². The molecule has 0 saturated carbocycles. The third kappa shape index (κ3) is 3.67. The molecule has 6 heavy (non-hydrogen) atoms. The molecule has 0 aliphatic rings. The van der Waals surface area contributed by atoms with Gasteiger partial charge in [0.25, 0.3) is 0 Å². The smallest absolute Gasteiger partial charge is 0.129 e. The maximum Gasteiger partial charge on any atom is 0.129 e. The first-order chi connectivity index (χ1) is 3.98. The van der Waals surface area contributed by atoms with Crippen molar-refractivity contribution in [2.24, 2.45) is 0 Å². The second-order valence-electron chi connectivity index (χ2n) is 1.17. The topological polar surface area (TPSA) is 17.1 Å². The van der Waals surface area contributed by atoms with Gasteiger partial charge in [0, 0.05) is 10.5 Å². The molecule has 0 amide bonds. The van der Waals surface area contributed by atoms with Gasteiger partial charge >= 0.3 is 0 Å². The van der Waals surface area contributed by atoms with Crippen molar-refractivity contribution < 1.29 is 8.91 Å². The fraction of sp³-hybridized carbons (Fsp3) is 0.800. The summed E-state index contributed by atoms with van der Waals surface area (Å²) in [6.07, 6.45) is 0.772. The molecule has 0 aliphatic heterocycles. The van der Waals surface area contributed by atoms with Crippen molar-refractivity contribution in [2.75, 3.05) is 0 Å². The number of ketones is 1. The van der Waals surface area contributed by atoms with Gasteiger partial charge in [0.15, 0.2) is 0 Å². The van der Waals surface area contributed by atoms with Crippen LogP contribution in [0.25, 0.3) is 0 Å². The van der Waals surface area contributed by atoms with E-state index in [0.29, 0.717) is 6.42 Å². The minimum absolute atomic E-state index is 0.163. The Balaban J connectivity index is 3.74. The van der Waals surface area contributed by atoms with Gasteiger partial charge in [-0.15, -0.1) is 0 Å². The molecule has 0 spiro atoms. The molecule has 0 aliphatic carbocycles. The van der Waals surface area contributed by atoms with Crippen LogP contribution in [0.1, 0.15) is 30.7 Å². The van der Waals surface area contributed by atoms with E-state index in [4.69, 9.17) is 4.11 Å². The third-order valence-electron chi connectivity index (χ3n) is 0.477. The van der Waals surface area contributed by atoms with Crippen LogP contribution in [0.15, 0.2) is 0 Å². The number of carbonyl (C=O) groups is 1. The predicted molar refractivity (Wildman–Crippen MR) is 25.6 cm³/mol. The highest BCUT2D eigenvalue weighted by molar-refractivity contribution is 5.75. The Labute approximate surface area is 42.6 Å². The van der Waals surface area contributed by atoms with Crippen molar-refractivity contribution in [1.82, 2.24) is 0 Å². The lowest BCUT2D eigenvalue weighted by Crippen LogP contribution is -1.84. The van der Waals surface area contributed by atoms with Crippen molar-refractivity contribution in [3.63, 3.8) is 0 Å². The maximum absolute atomic E-state index is 10.5. The minimum atomic E-state index is -2.38. The summed E-state index contributed by atoms with van der Waals surface area (Å²) in [6, 6.07) is 0. The monoisotopic (exact) mass is 89.1 g/mol. The Morgan fingerprint density at radius 2 is 2.67 bits per heavy atom. The van der Waals surface area contributed by atoms with Gasteiger partial charge in [-0.3, -0.25) is 0 Å². The Morgan fingerprint density at radius 3 is 2.83 bits per heavy atom. The van der Waals surface area contributed by atoms with E-state index in [1.807, 2.05) is 0 Å². The molecule has 0 unspecified atom stereocenters.